The van der Waals surface area contributed by atoms with Crippen molar-refractivity contribution in [2.45, 2.75) is 25.3 Å². The topological polar surface area (TPSA) is 79.5 Å². The van der Waals surface area contributed by atoms with Crippen LogP contribution in [0.1, 0.15) is 29.6 Å². The lowest BCUT2D eigenvalue weighted by atomic mass is 10.0. The molecular weight excluding hydrogens is 318 g/mol. The van der Waals surface area contributed by atoms with Crippen LogP contribution in [0.5, 0.6) is 0 Å². The van der Waals surface area contributed by atoms with E-state index in [1.54, 1.807) is 25.3 Å². The van der Waals surface area contributed by atoms with Crippen molar-refractivity contribution in [2.75, 3.05) is 32.1 Å². The van der Waals surface area contributed by atoms with Gasteiger partial charge in [-0.25, -0.2) is 0 Å². The van der Waals surface area contributed by atoms with Gasteiger partial charge < -0.3 is 20.7 Å². The third-order valence-corrected chi connectivity index (χ3v) is 4.01. The van der Waals surface area contributed by atoms with Crippen molar-refractivity contribution in [2.24, 2.45) is 0 Å². The summed E-state index contributed by atoms with van der Waals surface area (Å²) in [5.74, 6) is -0.336. The van der Waals surface area contributed by atoms with E-state index in [4.69, 9.17) is 16.3 Å². The van der Waals surface area contributed by atoms with Gasteiger partial charge in [-0.05, 0) is 37.6 Å². The molecule has 0 radical (unpaired) electrons. The predicted octanol–water partition coefficient (Wildman–Crippen LogP) is 1.80. The average Bonchev–Trinajstić information content (AvgIpc) is 2.56. The number of nitrogens with one attached hydrogen (secondary N) is 3. The SMILES string of the molecule is COCCNC(=O)c1ccc(NC(=O)C2CCCCN2)cc1Cl. The Kier molecular flexibility index (Phi) is 6.83. The van der Waals surface area contributed by atoms with Crippen molar-refractivity contribution < 1.29 is 14.3 Å². The fourth-order valence-corrected chi connectivity index (χ4v) is 2.71. The van der Waals surface area contributed by atoms with Gasteiger partial charge in [0.05, 0.1) is 23.2 Å². The van der Waals surface area contributed by atoms with E-state index in [0.29, 0.717) is 29.4 Å². The number of hydrogen-bond donors (Lipinski definition) is 3. The second-order valence-electron chi connectivity index (χ2n) is 5.44. The Bertz CT molecular complexity index is 560. The molecule has 0 aromatic heterocycles. The molecule has 23 heavy (non-hydrogen) atoms. The molecule has 0 bridgehead atoms. The number of carbonyl (C=O) groups excluding carboxylic acids is 2. The molecule has 1 heterocycles. The minimum atomic E-state index is -0.265. The lowest BCUT2D eigenvalue weighted by Crippen LogP contribution is -2.43. The Morgan fingerprint density at radius 2 is 2.22 bits per heavy atom. The summed E-state index contributed by atoms with van der Waals surface area (Å²) in [5, 5.41) is 9.03. The summed E-state index contributed by atoms with van der Waals surface area (Å²) in [6.45, 7) is 1.71. The summed E-state index contributed by atoms with van der Waals surface area (Å²) in [7, 11) is 1.57. The Hall–Kier alpha value is -1.63. The Morgan fingerprint density at radius 3 is 2.87 bits per heavy atom. The lowest BCUT2D eigenvalue weighted by Gasteiger charge is -2.22. The highest BCUT2D eigenvalue weighted by Gasteiger charge is 2.20. The molecule has 1 atom stereocenters. The molecule has 1 fully saturated rings. The normalized spacial score (nSPS) is 17.6. The first-order valence-corrected chi connectivity index (χ1v) is 8.10. The van der Waals surface area contributed by atoms with Crippen LogP contribution in [0, 0.1) is 0 Å². The minimum Gasteiger partial charge on any atom is -0.383 e. The number of halogens is 1. The van der Waals surface area contributed by atoms with Crippen LogP contribution in [0.4, 0.5) is 5.69 Å². The molecule has 1 aromatic rings. The van der Waals surface area contributed by atoms with E-state index in [2.05, 4.69) is 16.0 Å². The second-order valence-corrected chi connectivity index (χ2v) is 5.84. The molecule has 2 amide bonds. The third-order valence-electron chi connectivity index (χ3n) is 3.70. The molecule has 1 unspecified atom stereocenters. The van der Waals surface area contributed by atoms with Crippen LogP contribution in [0.2, 0.25) is 5.02 Å². The summed E-state index contributed by atoms with van der Waals surface area (Å²) in [6, 6.07) is 4.71. The Labute approximate surface area is 140 Å². The van der Waals surface area contributed by atoms with Crippen LogP contribution in [-0.2, 0) is 9.53 Å². The molecule has 7 heteroatoms. The van der Waals surface area contributed by atoms with Gasteiger partial charge in [-0.1, -0.05) is 18.0 Å². The van der Waals surface area contributed by atoms with Crippen molar-refractivity contribution in [1.29, 1.82) is 0 Å². The fourth-order valence-electron chi connectivity index (χ4n) is 2.44. The summed E-state index contributed by atoms with van der Waals surface area (Å²) in [5.41, 5.74) is 0.956. The molecule has 1 aromatic carbocycles. The number of carbonyl (C=O) groups is 2. The zero-order valence-electron chi connectivity index (χ0n) is 13.2. The number of methoxy groups -OCH3 is 1. The molecule has 0 saturated carbocycles. The standard InChI is InChI=1S/C16H22ClN3O3/c1-23-9-8-19-15(21)12-6-5-11(10-13(12)17)20-16(22)14-4-2-3-7-18-14/h5-6,10,14,18H,2-4,7-9H2,1H3,(H,19,21)(H,20,22). The van der Waals surface area contributed by atoms with Gasteiger partial charge in [-0.15, -0.1) is 0 Å². The number of ether oxygens (including phenoxy) is 1. The van der Waals surface area contributed by atoms with E-state index in [9.17, 15) is 9.59 Å². The lowest BCUT2D eigenvalue weighted by molar-refractivity contribution is -0.118. The van der Waals surface area contributed by atoms with Gasteiger partial charge in [0.15, 0.2) is 0 Å². The van der Waals surface area contributed by atoms with Gasteiger partial charge in [-0.3, -0.25) is 9.59 Å². The first-order chi connectivity index (χ1) is 11.1. The fraction of sp³-hybridized carbons (Fsp3) is 0.500. The first-order valence-electron chi connectivity index (χ1n) is 7.72. The van der Waals surface area contributed by atoms with Gasteiger partial charge in [-0.2, -0.15) is 0 Å². The maximum Gasteiger partial charge on any atom is 0.252 e. The van der Waals surface area contributed by atoms with Crippen LogP contribution in [0.3, 0.4) is 0 Å². The molecule has 1 aliphatic rings. The van der Waals surface area contributed by atoms with E-state index < -0.39 is 0 Å². The van der Waals surface area contributed by atoms with Gasteiger partial charge in [0, 0.05) is 19.3 Å². The summed E-state index contributed by atoms with van der Waals surface area (Å²) in [4.78, 5) is 24.1. The van der Waals surface area contributed by atoms with Crippen molar-refractivity contribution in [3.63, 3.8) is 0 Å². The molecule has 6 nitrogen and oxygen atoms in total. The first kappa shape index (κ1) is 17.7. The number of hydrogen-bond acceptors (Lipinski definition) is 4. The molecule has 0 spiro atoms. The molecule has 1 saturated heterocycles. The van der Waals surface area contributed by atoms with Gasteiger partial charge >= 0.3 is 0 Å². The van der Waals surface area contributed by atoms with E-state index in [1.807, 2.05) is 0 Å². The maximum absolute atomic E-state index is 12.2. The zero-order valence-corrected chi connectivity index (χ0v) is 13.9. The predicted molar refractivity (Wildman–Crippen MR) is 89.9 cm³/mol. The molecule has 0 aliphatic carbocycles. The Balaban J connectivity index is 1.95. The van der Waals surface area contributed by atoms with Crippen LogP contribution in [0.15, 0.2) is 18.2 Å². The average molecular weight is 340 g/mol. The number of piperidine rings is 1. The molecular formula is C16H22ClN3O3. The number of rotatable bonds is 6. The highest BCUT2D eigenvalue weighted by molar-refractivity contribution is 6.34. The van der Waals surface area contributed by atoms with Gasteiger partial charge in [0.1, 0.15) is 0 Å². The largest absolute Gasteiger partial charge is 0.383 e. The van der Waals surface area contributed by atoms with Crippen LogP contribution in [-0.4, -0.2) is 44.7 Å². The second kappa shape index (κ2) is 8.86. The van der Waals surface area contributed by atoms with Crippen LogP contribution >= 0.6 is 11.6 Å². The third kappa shape index (κ3) is 5.20. The minimum absolute atomic E-state index is 0.0712. The summed E-state index contributed by atoms with van der Waals surface area (Å²) < 4.78 is 4.88. The van der Waals surface area contributed by atoms with Crippen molar-refractivity contribution in [1.82, 2.24) is 10.6 Å². The maximum atomic E-state index is 12.2. The van der Waals surface area contributed by atoms with E-state index in [-0.39, 0.29) is 17.9 Å². The van der Waals surface area contributed by atoms with Crippen molar-refractivity contribution in [3.8, 4) is 0 Å². The van der Waals surface area contributed by atoms with Gasteiger partial charge in [0.25, 0.3) is 5.91 Å². The molecule has 1 aliphatic heterocycles. The van der Waals surface area contributed by atoms with Crippen molar-refractivity contribution >= 4 is 29.1 Å². The molecule has 3 N–H and O–H groups in total. The van der Waals surface area contributed by atoms with Gasteiger partial charge in [0.2, 0.25) is 5.91 Å². The highest BCUT2D eigenvalue weighted by atomic mass is 35.5. The van der Waals surface area contributed by atoms with E-state index in [1.165, 1.54) is 0 Å². The number of anilines is 1. The van der Waals surface area contributed by atoms with Crippen LogP contribution < -0.4 is 16.0 Å². The zero-order chi connectivity index (χ0) is 16.7. The monoisotopic (exact) mass is 339 g/mol. The smallest absolute Gasteiger partial charge is 0.252 e. The highest BCUT2D eigenvalue weighted by Crippen LogP contribution is 2.21. The summed E-state index contributed by atoms with van der Waals surface area (Å²) >= 11 is 6.15. The number of amides is 2. The van der Waals surface area contributed by atoms with E-state index in [0.717, 1.165) is 25.8 Å². The molecule has 126 valence electrons. The summed E-state index contributed by atoms with van der Waals surface area (Å²) in [6.07, 6.45) is 2.98. The van der Waals surface area contributed by atoms with Crippen LogP contribution in [0.25, 0.3) is 0 Å². The van der Waals surface area contributed by atoms with E-state index >= 15 is 0 Å². The van der Waals surface area contributed by atoms with Crippen molar-refractivity contribution in [3.05, 3.63) is 28.8 Å². The molecule has 2 rings (SSSR count). The number of benzene rings is 1. The quantitative estimate of drug-likeness (QED) is 0.690. The Morgan fingerprint density at radius 1 is 1.39 bits per heavy atom.